The first-order chi connectivity index (χ1) is 35.5. The molecular weight excluding hydrogens is 1020 g/mol. The van der Waals surface area contributed by atoms with Gasteiger partial charge in [0.05, 0.1) is 47.3 Å². The van der Waals surface area contributed by atoms with Gasteiger partial charge in [-0.2, -0.15) is 10.2 Å². The van der Waals surface area contributed by atoms with Crippen LogP contribution in [0.4, 0.5) is 0 Å². The number of allylic oxidation sites excluding steroid dienone is 2. The van der Waals surface area contributed by atoms with Crippen LogP contribution in [0.3, 0.4) is 0 Å². The Labute approximate surface area is 452 Å². The lowest BCUT2D eigenvalue weighted by atomic mass is 9.83. The maximum absolute atomic E-state index is 12.2. The van der Waals surface area contributed by atoms with E-state index in [2.05, 4.69) is 35.8 Å². The number of carboxylic acid groups (broad SMARTS) is 2. The number of rotatable bonds is 16. The number of carboxylic acids is 2. The Morgan fingerprint density at radius 3 is 1.80 bits per heavy atom. The average molecular weight is 1080 g/mol. The Bertz CT molecular complexity index is 3170. The number of carbonyl (C=O) groups is 2. The van der Waals surface area contributed by atoms with Crippen LogP contribution in [0.5, 0.6) is 0 Å². The highest BCUT2D eigenvalue weighted by Crippen LogP contribution is 2.44. The molecule has 18 heteroatoms. The number of hydrogen-bond acceptors (Lipinski definition) is 10. The molecule has 2 fully saturated rings. The van der Waals surface area contributed by atoms with Crippen LogP contribution >= 0.6 is 46.4 Å². The molecule has 2 saturated heterocycles. The Morgan fingerprint density at radius 1 is 0.716 bits per heavy atom. The first-order valence-electron chi connectivity index (χ1n) is 26.2. The van der Waals surface area contributed by atoms with Crippen molar-refractivity contribution in [2.24, 2.45) is 17.8 Å². The minimum atomic E-state index is -0.795. The molecule has 390 valence electrons. The van der Waals surface area contributed by atoms with Gasteiger partial charge in [0.2, 0.25) is 0 Å². The fourth-order valence-corrected chi connectivity index (χ4v) is 14.0. The number of aromatic nitrogens is 8. The van der Waals surface area contributed by atoms with Crippen LogP contribution in [0.1, 0.15) is 144 Å². The highest BCUT2D eigenvalue weighted by molar-refractivity contribution is 6.35. The highest BCUT2D eigenvalue weighted by Gasteiger charge is 2.42. The SMILES string of the molecule is Cc1nn(C(C)c2ccc(Cl)cc2Cl)c2nc(C3=CCC(N4CC(CC(c5ccc(Cl)cc5Cl)n5nc(C)c6ncc(C7=CCC(N8CCCC8CCC(=O)O)C(C)C7)nc65)CC4CCC(=O)O)C(C)C3)cnc12. The zero-order valence-electron chi connectivity index (χ0n) is 42.6. The van der Waals surface area contributed by atoms with Crippen LogP contribution < -0.4 is 0 Å². The maximum atomic E-state index is 12.2. The van der Waals surface area contributed by atoms with Gasteiger partial charge in [0.25, 0.3) is 0 Å². The van der Waals surface area contributed by atoms with E-state index in [0.29, 0.717) is 68.6 Å². The zero-order chi connectivity index (χ0) is 52.1. The summed E-state index contributed by atoms with van der Waals surface area (Å²) in [4.78, 5) is 49.2. The number of fused-ring (bicyclic) bond motifs is 2. The predicted octanol–water partition coefficient (Wildman–Crippen LogP) is 12.7. The van der Waals surface area contributed by atoms with E-state index in [1.807, 2.05) is 66.8 Å². The molecule has 0 radical (unpaired) electrons. The van der Waals surface area contributed by atoms with E-state index >= 15 is 0 Å². The summed E-state index contributed by atoms with van der Waals surface area (Å²) < 4.78 is 3.92. The van der Waals surface area contributed by atoms with E-state index in [-0.39, 0.29) is 48.8 Å². The van der Waals surface area contributed by atoms with Gasteiger partial charge in [0.1, 0.15) is 11.0 Å². The molecule has 10 rings (SSSR count). The van der Waals surface area contributed by atoms with E-state index < -0.39 is 11.9 Å². The van der Waals surface area contributed by atoms with Gasteiger partial charge < -0.3 is 10.2 Å². The van der Waals surface area contributed by atoms with Crippen molar-refractivity contribution in [2.75, 3.05) is 13.1 Å². The number of benzene rings is 2. The molecule has 6 aromatic rings. The molecule has 9 atom stereocenters. The van der Waals surface area contributed by atoms with Gasteiger partial charge >= 0.3 is 11.9 Å². The number of likely N-dealkylation sites (tertiary alicyclic amines) is 2. The molecule has 0 saturated carbocycles. The summed E-state index contributed by atoms with van der Waals surface area (Å²) in [5.41, 5.74) is 10.2. The monoisotopic (exact) mass is 1080 g/mol. The lowest BCUT2D eigenvalue weighted by Crippen LogP contribution is -2.44. The number of nitrogens with zero attached hydrogens (tertiary/aromatic N) is 10. The maximum Gasteiger partial charge on any atom is 0.303 e. The van der Waals surface area contributed by atoms with E-state index in [0.717, 1.165) is 114 Å². The van der Waals surface area contributed by atoms with Crippen molar-refractivity contribution in [3.05, 3.63) is 115 Å². The summed E-state index contributed by atoms with van der Waals surface area (Å²) in [6.07, 6.45) is 16.8. The Morgan fingerprint density at radius 2 is 1.24 bits per heavy atom. The third kappa shape index (κ3) is 10.7. The van der Waals surface area contributed by atoms with Crippen molar-refractivity contribution in [3.63, 3.8) is 0 Å². The van der Waals surface area contributed by atoms with Crippen LogP contribution in [-0.4, -0.2) is 109 Å². The number of aryl methyl sites for hydroxylation is 2. The Kier molecular flexibility index (Phi) is 15.6. The molecule has 74 heavy (non-hydrogen) atoms. The molecule has 2 aromatic carbocycles. The van der Waals surface area contributed by atoms with Crippen molar-refractivity contribution in [3.8, 4) is 0 Å². The number of aliphatic carboxylic acids is 2. The fourth-order valence-electron chi connectivity index (χ4n) is 12.9. The lowest BCUT2D eigenvalue weighted by Gasteiger charge is -2.39. The van der Waals surface area contributed by atoms with Gasteiger partial charge in [-0.15, -0.1) is 0 Å². The Hall–Kier alpha value is -4.96. The summed E-state index contributed by atoms with van der Waals surface area (Å²) in [6.45, 7) is 12.3. The second kappa shape index (κ2) is 21.9. The molecule has 0 bridgehead atoms. The molecule has 2 aliphatic heterocycles. The fraction of sp³-hybridized carbons (Fsp3) is 0.500. The lowest BCUT2D eigenvalue weighted by molar-refractivity contribution is -0.138. The summed E-state index contributed by atoms with van der Waals surface area (Å²) in [5, 5.41) is 31.6. The smallest absolute Gasteiger partial charge is 0.303 e. The third-order valence-electron chi connectivity index (χ3n) is 16.6. The van der Waals surface area contributed by atoms with Crippen molar-refractivity contribution >= 4 is 91.8 Å². The largest absolute Gasteiger partial charge is 0.481 e. The molecule has 2 N–H and O–H groups in total. The molecule has 2 aliphatic carbocycles. The quantitative estimate of drug-likeness (QED) is 0.0942. The molecule has 0 amide bonds. The molecule has 9 unspecified atom stereocenters. The topological polar surface area (TPSA) is 168 Å². The van der Waals surface area contributed by atoms with E-state index in [1.54, 1.807) is 12.1 Å². The van der Waals surface area contributed by atoms with Crippen LogP contribution in [-0.2, 0) is 9.59 Å². The minimum Gasteiger partial charge on any atom is -0.481 e. The summed E-state index contributed by atoms with van der Waals surface area (Å²) in [7, 11) is 0. The first kappa shape index (κ1) is 52.5. The van der Waals surface area contributed by atoms with Crippen LogP contribution in [0, 0.1) is 31.6 Å². The first-order valence-corrected chi connectivity index (χ1v) is 27.7. The highest BCUT2D eigenvalue weighted by atomic mass is 35.5. The van der Waals surface area contributed by atoms with Gasteiger partial charge in [-0.3, -0.25) is 19.4 Å². The van der Waals surface area contributed by atoms with Gasteiger partial charge in [0, 0.05) is 63.6 Å². The van der Waals surface area contributed by atoms with Crippen molar-refractivity contribution in [2.45, 2.75) is 148 Å². The van der Waals surface area contributed by atoms with Crippen molar-refractivity contribution in [1.29, 1.82) is 0 Å². The van der Waals surface area contributed by atoms with Crippen molar-refractivity contribution < 1.29 is 19.8 Å². The Balaban J connectivity index is 0.918. The summed E-state index contributed by atoms with van der Waals surface area (Å²) >= 11 is 26.6. The second-order valence-corrected chi connectivity index (χ2v) is 23.1. The summed E-state index contributed by atoms with van der Waals surface area (Å²) in [6, 6.07) is 11.5. The summed E-state index contributed by atoms with van der Waals surface area (Å²) in [5.74, 6) is -0.758. The van der Waals surface area contributed by atoms with Gasteiger partial charge in [-0.1, -0.05) is 84.5 Å². The minimum absolute atomic E-state index is 0.0639. The molecule has 4 aromatic heterocycles. The molecule has 14 nitrogen and oxygen atoms in total. The van der Waals surface area contributed by atoms with Gasteiger partial charge in [0.15, 0.2) is 11.3 Å². The van der Waals surface area contributed by atoms with Crippen LogP contribution in [0.15, 0.2) is 60.9 Å². The second-order valence-electron chi connectivity index (χ2n) is 21.5. The van der Waals surface area contributed by atoms with E-state index in [9.17, 15) is 19.8 Å². The van der Waals surface area contributed by atoms with Crippen molar-refractivity contribution in [1.82, 2.24) is 49.3 Å². The molecule has 4 aliphatic rings. The van der Waals surface area contributed by atoms with Crippen LogP contribution in [0.2, 0.25) is 20.1 Å². The zero-order valence-corrected chi connectivity index (χ0v) is 45.6. The molecule has 0 spiro atoms. The van der Waals surface area contributed by atoms with E-state index in [1.165, 1.54) is 0 Å². The third-order valence-corrected chi connectivity index (χ3v) is 17.7. The van der Waals surface area contributed by atoms with E-state index in [4.69, 9.17) is 76.5 Å². The average Bonchev–Trinajstić information content (AvgIpc) is 4.16. The molecule has 6 heterocycles. The number of hydrogen-bond donors (Lipinski definition) is 2. The predicted molar refractivity (Wildman–Crippen MR) is 292 cm³/mol. The standard InChI is InChI=1S/C56H64Cl4N10O4/c1-30-21-36(8-16-48(30)67-20-6-7-40(67)12-18-51(71)72)47-28-62-54-33(4)66-70(56(54)64-47)50(43-15-11-39(58)26-45(43)60)24-35-23-41(13-19-52(73)74)68(29-35)49-17-9-37(22-31(49)2)46-27-61-53-32(3)65-69(55(53)63-46)34(5)42-14-10-38(57)25-44(42)59/h8-11,14-15,25-28,30-31,34-35,40-41,48-50H,6-7,12-13,16-24,29H2,1-5H3,(H,71,72)(H,73,74). The van der Waals surface area contributed by atoms with Gasteiger partial charge in [-0.25, -0.2) is 29.3 Å². The van der Waals surface area contributed by atoms with Gasteiger partial charge in [-0.05, 0) is 156 Å². The molecular formula is C56H64Cl4N10O4. The van der Waals surface area contributed by atoms with Crippen LogP contribution in [0.25, 0.3) is 33.5 Å². The normalized spacial score (nSPS) is 24.6. The number of halogens is 4.